The van der Waals surface area contributed by atoms with E-state index in [4.69, 9.17) is 4.74 Å². The number of nitrogens with one attached hydrogen (secondary N) is 1. The Morgan fingerprint density at radius 1 is 1.09 bits per heavy atom. The Balaban J connectivity index is 2.41. The maximum Gasteiger partial charge on any atom is 0.328 e. The van der Waals surface area contributed by atoms with Crippen LogP contribution in [0, 0.1) is 6.92 Å². The molecule has 2 aromatic carbocycles. The zero-order valence-corrected chi connectivity index (χ0v) is 13.1. The quantitative estimate of drug-likeness (QED) is 0.753. The van der Waals surface area contributed by atoms with Crippen molar-refractivity contribution in [2.24, 2.45) is 0 Å². The van der Waals surface area contributed by atoms with Gasteiger partial charge < -0.3 is 9.72 Å². The van der Waals surface area contributed by atoms with Gasteiger partial charge in [0.1, 0.15) is 5.82 Å². The predicted molar refractivity (Wildman–Crippen MR) is 88.1 cm³/mol. The number of carbonyl (C=O) groups excluding carboxylic acids is 1. The molecule has 0 bridgehead atoms. The molecule has 1 atom stereocenters. The van der Waals surface area contributed by atoms with E-state index in [1.54, 1.807) is 12.4 Å². The van der Waals surface area contributed by atoms with Crippen LogP contribution < -0.4 is 0 Å². The van der Waals surface area contributed by atoms with Crippen LogP contribution in [0.3, 0.4) is 0 Å². The maximum atomic E-state index is 13.0. The van der Waals surface area contributed by atoms with Gasteiger partial charge in [-0.25, -0.2) is 4.98 Å². The molecule has 1 heterocycles. The third-order valence-corrected chi connectivity index (χ3v) is 4.10. The average molecular weight is 306 g/mol. The molecule has 4 heteroatoms. The monoisotopic (exact) mass is 306 g/mol. The van der Waals surface area contributed by atoms with Crippen molar-refractivity contribution in [3.8, 4) is 0 Å². The summed E-state index contributed by atoms with van der Waals surface area (Å²) >= 11 is 0. The standard InChI is InChI=1S/C19H18N2O2/c1-14-8-6-7-11-16(14)19(18(22)23-2,17-20-12-13-21-17)15-9-4-3-5-10-15/h3-13H,1-2H3,(H,20,21). The number of hydrogen-bond acceptors (Lipinski definition) is 3. The molecule has 0 saturated heterocycles. The van der Waals surface area contributed by atoms with Gasteiger partial charge >= 0.3 is 5.97 Å². The van der Waals surface area contributed by atoms with E-state index in [-0.39, 0.29) is 5.97 Å². The van der Waals surface area contributed by atoms with Crippen molar-refractivity contribution < 1.29 is 9.53 Å². The minimum Gasteiger partial charge on any atom is -0.468 e. The Hall–Kier alpha value is -2.88. The van der Waals surface area contributed by atoms with Crippen molar-refractivity contribution in [2.45, 2.75) is 12.3 Å². The van der Waals surface area contributed by atoms with Gasteiger partial charge in [-0.15, -0.1) is 0 Å². The smallest absolute Gasteiger partial charge is 0.328 e. The largest absolute Gasteiger partial charge is 0.468 e. The summed E-state index contributed by atoms with van der Waals surface area (Å²) < 4.78 is 5.20. The molecule has 3 rings (SSSR count). The van der Waals surface area contributed by atoms with Crippen LogP contribution in [-0.2, 0) is 14.9 Å². The summed E-state index contributed by atoms with van der Waals surface area (Å²) in [6.45, 7) is 1.99. The number of nitrogens with zero attached hydrogens (tertiary/aromatic N) is 1. The van der Waals surface area contributed by atoms with Crippen LogP contribution in [0.2, 0.25) is 0 Å². The van der Waals surface area contributed by atoms with E-state index in [1.807, 2.05) is 61.5 Å². The fourth-order valence-electron chi connectivity index (χ4n) is 3.05. The Morgan fingerprint density at radius 3 is 2.39 bits per heavy atom. The first-order chi connectivity index (χ1) is 11.2. The first-order valence-corrected chi connectivity index (χ1v) is 7.41. The van der Waals surface area contributed by atoms with Crippen molar-refractivity contribution >= 4 is 5.97 Å². The van der Waals surface area contributed by atoms with Crippen LogP contribution in [0.25, 0.3) is 0 Å². The van der Waals surface area contributed by atoms with Gasteiger partial charge in [0.25, 0.3) is 0 Å². The topological polar surface area (TPSA) is 55.0 Å². The number of esters is 1. The highest BCUT2D eigenvalue weighted by atomic mass is 16.5. The number of aromatic amines is 1. The summed E-state index contributed by atoms with van der Waals surface area (Å²) in [7, 11) is 1.40. The summed E-state index contributed by atoms with van der Waals surface area (Å²) in [5, 5.41) is 0. The number of methoxy groups -OCH3 is 1. The fraction of sp³-hybridized carbons (Fsp3) is 0.158. The Kier molecular flexibility index (Phi) is 3.98. The Bertz CT molecular complexity index is 797. The van der Waals surface area contributed by atoms with Crippen molar-refractivity contribution in [1.82, 2.24) is 9.97 Å². The molecule has 0 aliphatic heterocycles. The number of carbonyl (C=O) groups is 1. The minimum absolute atomic E-state index is 0.368. The predicted octanol–water partition coefficient (Wildman–Crippen LogP) is 3.23. The van der Waals surface area contributed by atoms with Gasteiger partial charge in [-0.05, 0) is 23.6 Å². The number of imidazole rings is 1. The van der Waals surface area contributed by atoms with Crippen molar-refractivity contribution in [3.63, 3.8) is 0 Å². The molecule has 0 saturated carbocycles. The lowest BCUT2D eigenvalue weighted by atomic mass is 9.72. The molecule has 1 N–H and O–H groups in total. The fourth-order valence-corrected chi connectivity index (χ4v) is 3.05. The van der Waals surface area contributed by atoms with Crippen LogP contribution in [0.5, 0.6) is 0 Å². The van der Waals surface area contributed by atoms with Crippen LogP contribution in [-0.4, -0.2) is 23.0 Å². The third kappa shape index (κ3) is 2.32. The molecule has 0 radical (unpaired) electrons. The minimum atomic E-state index is -1.12. The SMILES string of the molecule is COC(=O)C(c1ccccc1)(c1ncc[nH]1)c1ccccc1C. The van der Waals surface area contributed by atoms with Crippen LogP contribution in [0.15, 0.2) is 67.0 Å². The second-order valence-electron chi connectivity index (χ2n) is 5.36. The number of ether oxygens (including phenoxy) is 1. The Morgan fingerprint density at radius 2 is 1.78 bits per heavy atom. The average Bonchev–Trinajstić information content (AvgIpc) is 3.12. The van der Waals surface area contributed by atoms with E-state index < -0.39 is 5.41 Å². The number of rotatable bonds is 4. The van der Waals surface area contributed by atoms with Crippen molar-refractivity contribution in [3.05, 3.63) is 89.5 Å². The van der Waals surface area contributed by atoms with E-state index in [1.165, 1.54) is 7.11 Å². The molecule has 0 aliphatic carbocycles. The lowest BCUT2D eigenvalue weighted by molar-refractivity contribution is -0.144. The van der Waals surface area contributed by atoms with Crippen LogP contribution >= 0.6 is 0 Å². The molecule has 3 aromatic rings. The number of aromatic nitrogens is 2. The third-order valence-electron chi connectivity index (χ3n) is 4.10. The van der Waals surface area contributed by atoms with E-state index in [9.17, 15) is 4.79 Å². The molecule has 1 aromatic heterocycles. The van der Waals surface area contributed by atoms with Crippen LogP contribution in [0.1, 0.15) is 22.5 Å². The summed E-state index contributed by atoms with van der Waals surface area (Å²) in [6.07, 6.45) is 3.36. The van der Waals surface area contributed by atoms with Crippen molar-refractivity contribution in [2.75, 3.05) is 7.11 Å². The van der Waals surface area contributed by atoms with E-state index >= 15 is 0 Å². The lowest BCUT2D eigenvalue weighted by Gasteiger charge is -2.31. The number of aryl methyl sites for hydroxylation is 1. The molecule has 0 amide bonds. The molecular weight excluding hydrogens is 288 g/mol. The van der Waals surface area contributed by atoms with Gasteiger partial charge in [0.15, 0.2) is 5.41 Å². The number of benzene rings is 2. The summed E-state index contributed by atoms with van der Waals surface area (Å²) in [6, 6.07) is 17.4. The first-order valence-electron chi connectivity index (χ1n) is 7.41. The summed E-state index contributed by atoms with van der Waals surface area (Å²) in [5.41, 5.74) is 1.55. The van der Waals surface area contributed by atoms with Gasteiger partial charge in [0, 0.05) is 12.4 Å². The second-order valence-corrected chi connectivity index (χ2v) is 5.36. The van der Waals surface area contributed by atoms with Gasteiger partial charge in [-0.2, -0.15) is 0 Å². The molecule has 1 unspecified atom stereocenters. The molecular formula is C19H18N2O2. The van der Waals surface area contributed by atoms with E-state index in [0.717, 1.165) is 16.7 Å². The summed E-state index contributed by atoms with van der Waals surface area (Å²) in [4.78, 5) is 20.5. The van der Waals surface area contributed by atoms with Gasteiger partial charge in [-0.1, -0.05) is 54.6 Å². The van der Waals surface area contributed by atoms with Crippen molar-refractivity contribution in [1.29, 1.82) is 0 Å². The first kappa shape index (κ1) is 15.0. The highest BCUT2D eigenvalue weighted by Gasteiger charge is 2.48. The van der Waals surface area contributed by atoms with E-state index in [2.05, 4.69) is 9.97 Å². The summed E-state index contributed by atoms with van der Waals surface area (Å²) in [5.74, 6) is 0.179. The zero-order chi connectivity index (χ0) is 16.3. The van der Waals surface area contributed by atoms with E-state index in [0.29, 0.717) is 5.82 Å². The maximum absolute atomic E-state index is 13.0. The van der Waals surface area contributed by atoms with Gasteiger partial charge in [-0.3, -0.25) is 4.79 Å². The second kappa shape index (κ2) is 6.08. The zero-order valence-electron chi connectivity index (χ0n) is 13.1. The molecule has 0 spiro atoms. The highest BCUT2D eigenvalue weighted by molar-refractivity contribution is 5.91. The van der Waals surface area contributed by atoms with Gasteiger partial charge in [0.05, 0.1) is 7.11 Å². The lowest BCUT2D eigenvalue weighted by Crippen LogP contribution is -2.41. The van der Waals surface area contributed by atoms with Crippen LogP contribution in [0.4, 0.5) is 0 Å². The van der Waals surface area contributed by atoms with Gasteiger partial charge in [0.2, 0.25) is 0 Å². The normalized spacial score (nSPS) is 13.3. The highest BCUT2D eigenvalue weighted by Crippen LogP contribution is 2.40. The molecule has 0 fully saturated rings. The molecule has 4 nitrogen and oxygen atoms in total. The molecule has 23 heavy (non-hydrogen) atoms. The number of hydrogen-bond donors (Lipinski definition) is 1. The Labute approximate surface area is 135 Å². The molecule has 116 valence electrons. The number of H-pyrrole nitrogens is 1. The molecule has 0 aliphatic rings.